The Hall–Kier alpha value is -1.61. The summed E-state index contributed by atoms with van der Waals surface area (Å²) in [6, 6.07) is 9.35. The Bertz CT molecular complexity index is 528. The number of nitrogens with one attached hydrogen (secondary N) is 1. The number of hydrogen-bond donors (Lipinski definition) is 1. The Morgan fingerprint density at radius 3 is 2.48 bits per heavy atom. The Morgan fingerprint density at radius 1 is 1.14 bits per heavy atom. The number of benzene rings is 1. The predicted molar refractivity (Wildman–Crippen MR) is 88.4 cm³/mol. The van der Waals surface area contributed by atoms with Crippen molar-refractivity contribution in [3.8, 4) is 0 Å². The molecule has 0 bridgehead atoms. The molecule has 2 rings (SSSR count). The number of nitrogens with zero attached hydrogens (tertiary/aromatic N) is 2. The van der Waals surface area contributed by atoms with Crippen molar-refractivity contribution in [3.05, 3.63) is 53.3 Å². The first kappa shape index (κ1) is 15.8. The van der Waals surface area contributed by atoms with Gasteiger partial charge in [0.25, 0.3) is 0 Å². The van der Waals surface area contributed by atoms with Crippen molar-refractivity contribution in [1.82, 2.24) is 15.1 Å². The van der Waals surface area contributed by atoms with E-state index in [1.807, 2.05) is 10.9 Å². The van der Waals surface area contributed by atoms with Gasteiger partial charge in [0.2, 0.25) is 0 Å². The maximum Gasteiger partial charge on any atom is 0.0604 e. The molecule has 0 saturated heterocycles. The van der Waals surface area contributed by atoms with Crippen LogP contribution in [0.5, 0.6) is 0 Å². The summed E-state index contributed by atoms with van der Waals surface area (Å²) in [5, 5.41) is 8.05. The first-order valence-corrected chi connectivity index (χ1v) is 8.04. The van der Waals surface area contributed by atoms with Crippen LogP contribution in [0, 0.1) is 6.92 Å². The van der Waals surface area contributed by atoms with Gasteiger partial charge in [-0.15, -0.1) is 0 Å². The predicted octanol–water partition coefficient (Wildman–Crippen LogP) is 3.88. The smallest absolute Gasteiger partial charge is 0.0604 e. The van der Waals surface area contributed by atoms with Gasteiger partial charge in [0, 0.05) is 6.20 Å². The van der Waals surface area contributed by atoms with E-state index in [-0.39, 0.29) is 0 Å². The molecule has 0 spiro atoms. The fourth-order valence-corrected chi connectivity index (χ4v) is 2.57. The molecule has 114 valence electrons. The number of hydrogen-bond acceptors (Lipinski definition) is 2. The minimum absolute atomic E-state index is 0.319. The lowest BCUT2D eigenvalue weighted by Crippen LogP contribution is -2.26. The molecule has 3 heteroatoms. The second kappa shape index (κ2) is 7.99. The van der Waals surface area contributed by atoms with Crippen LogP contribution in [0.2, 0.25) is 0 Å². The van der Waals surface area contributed by atoms with Gasteiger partial charge in [-0.3, -0.25) is 4.68 Å². The Labute approximate surface area is 128 Å². The summed E-state index contributed by atoms with van der Waals surface area (Å²) in [5.74, 6) is 0. The molecule has 3 nitrogen and oxygen atoms in total. The Balaban J connectivity index is 2.10. The van der Waals surface area contributed by atoms with E-state index in [4.69, 9.17) is 0 Å². The average Bonchev–Trinajstić information content (AvgIpc) is 2.90. The second-order valence-corrected chi connectivity index (χ2v) is 5.74. The van der Waals surface area contributed by atoms with Crippen LogP contribution >= 0.6 is 0 Å². The Morgan fingerprint density at radius 2 is 1.90 bits per heavy atom. The first-order chi connectivity index (χ1) is 10.2. The third-order valence-corrected chi connectivity index (χ3v) is 3.69. The molecule has 0 aliphatic rings. The third-order valence-electron chi connectivity index (χ3n) is 3.69. The van der Waals surface area contributed by atoms with Crippen LogP contribution in [0.15, 0.2) is 36.7 Å². The SMILES string of the molecule is CCCNC(Cn1cc(C)cn1)c1ccc(CCC)cc1. The highest BCUT2D eigenvalue weighted by Crippen LogP contribution is 2.17. The lowest BCUT2D eigenvalue weighted by molar-refractivity contribution is 0.439. The highest BCUT2D eigenvalue weighted by Gasteiger charge is 2.12. The van der Waals surface area contributed by atoms with Crippen LogP contribution in [0.25, 0.3) is 0 Å². The van der Waals surface area contributed by atoms with E-state index in [0.717, 1.165) is 25.9 Å². The molecule has 1 unspecified atom stereocenters. The van der Waals surface area contributed by atoms with E-state index in [0.29, 0.717) is 6.04 Å². The van der Waals surface area contributed by atoms with E-state index >= 15 is 0 Å². The standard InChI is InChI=1S/C18H27N3/c1-4-6-16-7-9-17(10-8-16)18(19-11-5-2)14-21-13-15(3)12-20-21/h7-10,12-13,18-19H,4-6,11,14H2,1-3H3. The van der Waals surface area contributed by atoms with Crippen molar-refractivity contribution in [3.63, 3.8) is 0 Å². The first-order valence-electron chi connectivity index (χ1n) is 8.04. The van der Waals surface area contributed by atoms with E-state index < -0.39 is 0 Å². The van der Waals surface area contributed by atoms with Crippen molar-refractivity contribution in [2.45, 2.75) is 52.6 Å². The highest BCUT2D eigenvalue weighted by molar-refractivity contribution is 5.25. The molecular formula is C18H27N3. The molecule has 0 radical (unpaired) electrons. The van der Waals surface area contributed by atoms with Crippen LogP contribution in [0.4, 0.5) is 0 Å². The summed E-state index contributed by atoms with van der Waals surface area (Å²) in [4.78, 5) is 0. The molecular weight excluding hydrogens is 258 g/mol. The zero-order valence-electron chi connectivity index (χ0n) is 13.5. The highest BCUT2D eigenvalue weighted by atomic mass is 15.3. The van der Waals surface area contributed by atoms with E-state index in [2.05, 4.69) is 61.6 Å². The van der Waals surface area contributed by atoms with Crippen molar-refractivity contribution < 1.29 is 0 Å². The molecule has 1 N–H and O–H groups in total. The van der Waals surface area contributed by atoms with Gasteiger partial charge in [0.1, 0.15) is 0 Å². The number of rotatable bonds is 8. The van der Waals surface area contributed by atoms with Crippen LogP contribution in [-0.2, 0) is 13.0 Å². The van der Waals surface area contributed by atoms with Crippen LogP contribution in [0.3, 0.4) is 0 Å². The fourth-order valence-electron chi connectivity index (χ4n) is 2.57. The Kier molecular flexibility index (Phi) is 6.00. The quantitative estimate of drug-likeness (QED) is 0.797. The molecule has 2 aromatic rings. The maximum absolute atomic E-state index is 4.41. The van der Waals surface area contributed by atoms with Crippen LogP contribution in [0.1, 0.15) is 49.4 Å². The number of aryl methyl sites for hydroxylation is 2. The average molecular weight is 285 g/mol. The van der Waals surface area contributed by atoms with Gasteiger partial charge >= 0.3 is 0 Å². The minimum Gasteiger partial charge on any atom is -0.308 e. The molecule has 1 atom stereocenters. The molecule has 0 amide bonds. The third kappa shape index (κ3) is 4.71. The van der Waals surface area contributed by atoms with Crippen molar-refractivity contribution in [2.24, 2.45) is 0 Å². The topological polar surface area (TPSA) is 29.9 Å². The summed E-state index contributed by atoms with van der Waals surface area (Å²) in [6.07, 6.45) is 7.52. The summed E-state index contributed by atoms with van der Waals surface area (Å²) >= 11 is 0. The molecule has 1 aromatic heterocycles. The van der Waals surface area contributed by atoms with Crippen LogP contribution in [-0.4, -0.2) is 16.3 Å². The summed E-state index contributed by atoms with van der Waals surface area (Å²) in [6.45, 7) is 8.41. The van der Waals surface area contributed by atoms with E-state index in [9.17, 15) is 0 Å². The molecule has 21 heavy (non-hydrogen) atoms. The fraction of sp³-hybridized carbons (Fsp3) is 0.500. The van der Waals surface area contributed by atoms with Crippen molar-refractivity contribution in [2.75, 3.05) is 6.54 Å². The summed E-state index contributed by atoms with van der Waals surface area (Å²) < 4.78 is 2.03. The lowest BCUT2D eigenvalue weighted by Gasteiger charge is -2.19. The van der Waals surface area contributed by atoms with Gasteiger partial charge in [0.05, 0.1) is 18.8 Å². The number of aromatic nitrogens is 2. The van der Waals surface area contributed by atoms with Gasteiger partial charge in [-0.1, -0.05) is 44.5 Å². The van der Waals surface area contributed by atoms with E-state index in [1.54, 1.807) is 0 Å². The maximum atomic E-state index is 4.41. The van der Waals surface area contributed by atoms with Crippen molar-refractivity contribution in [1.29, 1.82) is 0 Å². The van der Waals surface area contributed by atoms with Gasteiger partial charge in [-0.25, -0.2) is 0 Å². The van der Waals surface area contributed by atoms with Gasteiger partial charge in [-0.05, 0) is 43.0 Å². The van der Waals surface area contributed by atoms with E-state index in [1.165, 1.54) is 23.1 Å². The molecule has 0 aliphatic carbocycles. The minimum atomic E-state index is 0.319. The monoisotopic (exact) mass is 285 g/mol. The van der Waals surface area contributed by atoms with Gasteiger partial charge < -0.3 is 5.32 Å². The molecule has 0 fully saturated rings. The zero-order chi connectivity index (χ0) is 15.1. The molecule has 0 aliphatic heterocycles. The van der Waals surface area contributed by atoms with Crippen molar-refractivity contribution >= 4 is 0 Å². The largest absolute Gasteiger partial charge is 0.308 e. The molecule has 0 saturated carbocycles. The normalized spacial score (nSPS) is 12.5. The molecule has 1 heterocycles. The lowest BCUT2D eigenvalue weighted by atomic mass is 10.0. The van der Waals surface area contributed by atoms with Crippen LogP contribution < -0.4 is 5.32 Å². The van der Waals surface area contributed by atoms with Gasteiger partial charge in [-0.2, -0.15) is 5.10 Å². The van der Waals surface area contributed by atoms with Gasteiger partial charge in [0.15, 0.2) is 0 Å². The second-order valence-electron chi connectivity index (χ2n) is 5.74. The molecule has 1 aromatic carbocycles. The summed E-state index contributed by atoms with van der Waals surface area (Å²) in [7, 11) is 0. The zero-order valence-corrected chi connectivity index (χ0v) is 13.5. The summed E-state index contributed by atoms with van der Waals surface area (Å²) in [5.41, 5.74) is 3.98.